The van der Waals surface area contributed by atoms with Gasteiger partial charge in [0.25, 0.3) is 0 Å². The Kier molecular flexibility index (Phi) is 3.50. The molecular weight excluding hydrogens is 364 g/mol. The van der Waals surface area contributed by atoms with Crippen molar-refractivity contribution in [2.75, 3.05) is 11.1 Å². The SMILES string of the molecule is Nc1nc(Cl)c(Br)c(NC2CC3c4ccccc4CCC23)n1. The average molecular weight is 380 g/mol. The van der Waals surface area contributed by atoms with Gasteiger partial charge in [-0.05, 0) is 58.2 Å². The smallest absolute Gasteiger partial charge is 0.223 e. The molecule has 4 nitrogen and oxygen atoms in total. The number of anilines is 2. The number of hydrogen-bond acceptors (Lipinski definition) is 4. The lowest BCUT2D eigenvalue weighted by atomic mass is 9.60. The molecule has 1 fully saturated rings. The number of rotatable bonds is 2. The third kappa shape index (κ3) is 2.27. The van der Waals surface area contributed by atoms with Crippen molar-refractivity contribution in [3.63, 3.8) is 0 Å². The Morgan fingerprint density at radius 1 is 1.27 bits per heavy atom. The highest BCUT2D eigenvalue weighted by Gasteiger charge is 2.44. The van der Waals surface area contributed by atoms with Crippen LogP contribution in [0.3, 0.4) is 0 Å². The number of fused-ring (bicyclic) bond motifs is 3. The Hall–Kier alpha value is -1.33. The van der Waals surface area contributed by atoms with E-state index in [1.165, 1.54) is 17.5 Å². The minimum Gasteiger partial charge on any atom is -0.368 e. The maximum atomic E-state index is 6.05. The van der Waals surface area contributed by atoms with E-state index in [4.69, 9.17) is 17.3 Å². The molecule has 22 heavy (non-hydrogen) atoms. The van der Waals surface area contributed by atoms with Gasteiger partial charge in [-0.25, -0.2) is 0 Å². The van der Waals surface area contributed by atoms with Crippen LogP contribution in [0.25, 0.3) is 0 Å². The molecule has 1 aromatic heterocycles. The van der Waals surface area contributed by atoms with Crippen LogP contribution < -0.4 is 11.1 Å². The second-order valence-corrected chi connectivity index (χ2v) is 7.18. The zero-order chi connectivity index (χ0) is 15.3. The fourth-order valence-electron chi connectivity index (χ4n) is 3.79. The molecule has 1 saturated carbocycles. The second-order valence-electron chi connectivity index (χ2n) is 6.03. The van der Waals surface area contributed by atoms with Crippen LogP contribution in [0.15, 0.2) is 28.7 Å². The highest BCUT2D eigenvalue weighted by atomic mass is 79.9. The molecule has 114 valence electrons. The first-order valence-corrected chi connectivity index (χ1v) is 8.63. The lowest BCUT2D eigenvalue weighted by molar-refractivity contribution is 0.194. The molecule has 3 unspecified atom stereocenters. The lowest BCUT2D eigenvalue weighted by Crippen LogP contribution is -2.47. The van der Waals surface area contributed by atoms with Crippen molar-refractivity contribution in [3.05, 3.63) is 45.0 Å². The Morgan fingerprint density at radius 2 is 2.09 bits per heavy atom. The zero-order valence-corrected chi connectivity index (χ0v) is 14.2. The first kappa shape index (κ1) is 14.3. The Labute approximate surface area is 142 Å². The van der Waals surface area contributed by atoms with E-state index in [1.54, 1.807) is 0 Å². The summed E-state index contributed by atoms with van der Waals surface area (Å²) in [7, 11) is 0. The Balaban J connectivity index is 1.54. The van der Waals surface area contributed by atoms with Gasteiger partial charge >= 0.3 is 0 Å². The van der Waals surface area contributed by atoms with Gasteiger partial charge in [-0.3, -0.25) is 0 Å². The normalized spacial score (nSPS) is 25.8. The summed E-state index contributed by atoms with van der Waals surface area (Å²) in [5, 5.41) is 3.84. The van der Waals surface area contributed by atoms with Crippen molar-refractivity contribution in [1.29, 1.82) is 0 Å². The number of nitrogens with one attached hydrogen (secondary N) is 1. The van der Waals surface area contributed by atoms with Gasteiger partial charge in [0.2, 0.25) is 5.95 Å². The zero-order valence-electron chi connectivity index (χ0n) is 11.9. The van der Waals surface area contributed by atoms with Crippen LogP contribution in [0.2, 0.25) is 5.15 Å². The molecule has 3 atom stereocenters. The van der Waals surface area contributed by atoms with Crippen molar-refractivity contribution >= 4 is 39.3 Å². The number of hydrogen-bond donors (Lipinski definition) is 2. The first-order valence-electron chi connectivity index (χ1n) is 7.46. The fraction of sp³-hybridized carbons (Fsp3) is 0.375. The van der Waals surface area contributed by atoms with E-state index in [-0.39, 0.29) is 5.95 Å². The molecular formula is C16H16BrClN4. The number of aromatic nitrogens is 2. The molecule has 1 heterocycles. The molecule has 4 rings (SSSR count). The van der Waals surface area contributed by atoms with Crippen LogP contribution >= 0.6 is 27.5 Å². The van der Waals surface area contributed by atoms with Crippen molar-refractivity contribution < 1.29 is 0 Å². The topological polar surface area (TPSA) is 63.8 Å². The lowest BCUT2D eigenvalue weighted by Gasteiger charge is -2.49. The second kappa shape index (κ2) is 5.39. The molecule has 2 aliphatic carbocycles. The summed E-state index contributed by atoms with van der Waals surface area (Å²) in [6, 6.07) is 9.23. The monoisotopic (exact) mass is 378 g/mol. The fourth-order valence-corrected chi connectivity index (χ4v) is 4.25. The van der Waals surface area contributed by atoms with E-state index in [1.807, 2.05) is 0 Å². The van der Waals surface area contributed by atoms with Crippen molar-refractivity contribution in [3.8, 4) is 0 Å². The van der Waals surface area contributed by atoms with Crippen LogP contribution in [0.4, 0.5) is 11.8 Å². The summed E-state index contributed by atoms with van der Waals surface area (Å²) in [5.41, 5.74) is 8.73. The highest BCUT2D eigenvalue weighted by Crippen LogP contribution is 2.50. The van der Waals surface area contributed by atoms with Crippen LogP contribution in [-0.4, -0.2) is 16.0 Å². The molecule has 1 aromatic carbocycles. The number of halogens is 2. The Morgan fingerprint density at radius 3 is 2.95 bits per heavy atom. The van der Waals surface area contributed by atoms with Crippen molar-refractivity contribution in [2.45, 2.75) is 31.2 Å². The number of benzene rings is 1. The van der Waals surface area contributed by atoms with Gasteiger partial charge in [-0.2, -0.15) is 9.97 Å². The molecule has 6 heteroatoms. The molecule has 3 N–H and O–H groups in total. The molecule has 0 aliphatic heterocycles. The summed E-state index contributed by atoms with van der Waals surface area (Å²) in [6.07, 6.45) is 3.49. The third-order valence-corrected chi connectivity index (χ3v) is 6.15. The van der Waals surface area contributed by atoms with E-state index >= 15 is 0 Å². The van der Waals surface area contributed by atoms with E-state index in [0.717, 1.165) is 12.8 Å². The summed E-state index contributed by atoms with van der Waals surface area (Å²) < 4.78 is 0.683. The minimum absolute atomic E-state index is 0.195. The van der Waals surface area contributed by atoms with Crippen molar-refractivity contribution in [1.82, 2.24) is 9.97 Å². The van der Waals surface area contributed by atoms with Gasteiger partial charge < -0.3 is 11.1 Å². The predicted molar refractivity (Wildman–Crippen MR) is 92.2 cm³/mol. The van der Waals surface area contributed by atoms with Crippen LogP contribution in [-0.2, 0) is 6.42 Å². The molecule has 0 amide bonds. The van der Waals surface area contributed by atoms with Gasteiger partial charge in [0.05, 0.1) is 4.47 Å². The van der Waals surface area contributed by atoms with Crippen LogP contribution in [0, 0.1) is 5.92 Å². The molecule has 0 saturated heterocycles. The number of nitrogens with zero attached hydrogens (tertiary/aromatic N) is 2. The van der Waals surface area contributed by atoms with E-state index in [9.17, 15) is 0 Å². The van der Waals surface area contributed by atoms with Gasteiger partial charge in [-0.15, -0.1) is 0 Å². The van der Waals surface area contributed by atoms with Crippen molar-refractivity contribution in [2.24, 2.45) is 5.92 Å². The molecule has 0 bridgehead atoms. The molecule has 0 radical (unpaired) electrons. The summed E-state index contributed by atoms with van der Waals surface area (Å²) >= 11 is 9.49. The van der Waals surface area contributed by atoms with Gasteiger partial charge in [0, 0.05) is 6.04 Å². The van der Waals surface area contributed by atoms with E-state index in [2.05, 4.69) is 55.5 Å². The van der Waals surface area contributed by atoms with Gasteiger partial charge in [0.1, 0.15) is 5.82 Å². The molecule has 2 aromatic rings. The van der Waals surface area contributed by atoms with Crippen LogP contribution in [0.5, 0.6) is 0 Å². The van der Waals surface area contributed by atoms with Crippen LogP contribution in [0.1, 0.15) is 29.9 Å². The van der Waals surface area contributed by atoms with E-state index < -0.39 is 0 Å². The average Bonchev–Trinajstić information content (AvgIpc) is 2.48. The van der Waals surface area contributed by atoms with Gasteiger partial charge in [0.15, 0.2) is 5.15 Å². The highest BCUT2D eigenvalue weighted by molar-refractivity contribution is 9.10. The molecule has 0 spiro atoms. The summed E-state index contributed by atoms with van der Waals surface area (Å²) in [5.74, 6) is 2.20. The molecule has 2 aliphatic rings. The standard InChI is InChI=1S/C16H16BrClN4/c17-13-14(18)21-16(19)22-15(13)20-12-7-11-9-4-2-1-3-8(9)5-6-10(11)12/h1-4,10-12H,5-7H2,(H3,19,20,21,22). The summed E-state index contributed by atoms with van der Waals surface area (Å²) in [6.45, 7) is 0. The predicted octanol–water partition coefficient (Wildman–Crippen LogP) is 4.01. The number of nitrogens with two attached hydrogens (primary N) is 1. The minimum atomic E-state index is 0.195. The van der Waals surface area contributed by atoms with Gasteiger partial charge in [-0.1, -0.05) is 35.9 Å². The van der Waals surface area contributed by atoms with E-state index in [0.29, 0.717) is 33.3 Å². The Bertz CT molecular complexity index is 736. The maximum Gasteiger partial charge on any atom is 0.223 e. The summed E-state index contributed by atoms with van der Waals surface area (Å²) in [4.78, 5) is 8.20. The first-order chi connectivity index (χ1) is 10.6. The number of nitrogen functional groups attached to an aromatic ring is 1. The largest absolute Gasteiger partial charge is 0.368 e. The number of aryl methyl sites for hydroxylation is 1. The third-order valence-electron chi connectivity index (χ3n) is 4.89. The maximum absolute atomic E-state index is 6.05. The quantitative estimate of drug-likeness (QED) is 0.774.